The van der Waals surface area contributed by atoms with Crippen LogP contribution in [0.1, 0.15) is 47.3 Å². The minimum Gasteiger partial charge on any atom is -0.477 e. The van der Waals surface area contributed by atoms with Crippen molar-refractivity contribution in [3.63, 3.8) is 0 Å². The van der Waals surface area contributed by atoms with Gasteiger partial charge < -0.3 is 5.11 Å². The Morgan fingerprint density at radius 2 is 1.96 bits per heavy atom. The van der Waals surface area contributed by atoms with Gasteiger partial charge >= 0.3 is 5.97 Å². The summed E-state index contributed by atoms with van der Waals surface area (Å²) in [6, 6.07) is 6.28. The summed E-state index contributed by atoms with van der Waals surface area (Å²) in [4.78, 5) is 17.3. The Kier molecular flexibility index (Phi) is 3.56. The third kappa shape index (κ3) is 2.65. The van der Waals surface area contributed by atoms with Gasteiger partial charge in [0.2, 0.25) is 0 Å². The predicted molar refractivity (Wildman–Crippen MR) is 93.6 cm³/mol. The van der Waals surface area contributed by atoms with Crippen molar-refractivity contribution in [3.05, 3.63) is 46.1 Å². The van der Waals surface area contributed by atoms with Crippen molar-refractivity contribution < 1.29 is 9.90 Å². The van der Waals surface area contributed by atoms with E-state index in [1.807, 2.05) is 31.4 Å². The second-order valence-electron chi connectivity index (χ2n) is 6.93. The Hall–Kier alpha value is -2.14. The average molecular weight is 328 g/mol. The van der Waals surface area contributed by atoms with E-state index in [0.717, 1.165) is 21.9 Å². The predicted octanol–water partition coefficient (Wildman–Crippen LogP) is 4.68. The van der Waals surface area contributed by atoms with Crippen LogP contribution in [0.4, 0.5) is 0 Å². The largest absolute Gasteiger partial charge is 0.477 e. The van der Waals surface area contributed by atoms with Gasteiger partial charge in [0.25, 0.3) is 0 Å². The number of carboxylic acid groups (broad SMARTS) is 1. The van der Waals surface area contributed by atoms with Crippen molar-refractivity contribution in [1.82, 2.24) is 9.38 Å². The molecule has 4 nitrogen and oxygen atoms in total. The summed E-state index contributed by atoms with van der Waals surface area (Å²) < 4.78 is 1.93. The van der Waals surface area contributed by atoms with E-state index in [0.29, 0.717) is 4.88 Å². The summed E-state index contributed by atoms with van der Waals surface area (Å²) in [5, 5.41) is 9.48. The number of thiazole rings is 1. The van der Waals surface area contributed by atoms with E-state index >= 15 is 0 Å². The molecule has 0 aliphatic heterocycles. The molecule has 2 aromatic heterocycles. The van der Waals surface area contributed by atoms with E-state index in [-0.39, 0.29) is 5.41 Å². The van der Waals surface area contributed by atoms with Crippen LogP contribution in [0.15, 0.2) is 24.4 Å². The number of aryl methyl sites for hydroxylation is 2. The molecule has 120 valence electrons. The maximum atomic E-state index is 11.6. The van der Waals surface area contributed by atoms with Gasteiger partial charge in [-0.25, -0.2) is 9.78 Å². The minimum atomic E-state index is -0.890. The molecule has 0 atom stereocenters. The molecule has 1 aromatic carbocycles. The zero-order valence-corrected chi connectivity index (χ0v) is 14.8. The van der Waals surface area contributed by atoms with Crippen LogP contribution in [-0.4, -0.2) is 20.5 Å². The molecule has 5 heteroatoms. The van der Waals surface area contributed by atoms with E-state index < -0.39 is 5.97 Å². The number of benzene rings is 1. The summed E-state index contributed by atoms with van der Waals surface area (Å²) in [6.45, 7) is 10.2. The van der Waals surface area contributed by atoms with Crippen molar-refractivity contribution in [2.24, 2.45) is 0 Å². The van der Waals surface area contributed by atoms with Crippen molar-refractivity contribution in [2.75, 3.05) is 0 Å². The highest BCUT2D eigenvalue weighted by Crippen LogP contribution is 2.35. The molecule has 0 fully saturated rings. The summed E-state index contributed by atoms with van der Waals surface area (Å²) in [7, 11) is 0. The fraction of sp³-hybridized carbons (Fsp3) is 0.333. The van der Waals surface area contributed by atoms with Crippen molar-refractivity contribution >= 4 is 22.3 Å². The molecular weight excluding hydrogens is 308 g/mol. The molecule has 1 N–H and O–H groups in total. The van der Waals surface area contributed by atoms with Gasteiger partial charge in [-0.1, -0.05) is 55.9 Å². The summed E-state index contributed by atoms with van der Waals surface area (Å²) in [5.74, 6) is -0.890. The molecule has 0 aliphatic carbocycles. The highest BCUT2D eigenvalue weighted by Gasteiger charge is 2.28. The zero-order chi connectivity index (χ0) is 16.9. The van der Waals surface area contributed by atoms with Crippen LogP contribution < -0.4 is 0 Å². The molecule has 0 radical (unpaired) electrons. The van der Waals surface area contributed by atoms with E-state index in [4.69, 9.17) is 0 Å². The number of aromatic carboxylic acids is 1. The lowest BCUT2D eigenvalue weighted by atomic mass is 9.91. The quantitative estimate of drug-likeness (QED) is 0.743. The number of rotatable bonds is 2. The van der Waals surface area contributed by atoms with Crippen LogP contribution in [0.2, 0.25) is 0 Å². The summed E-state index contributed by atoms with van der Waals surface area (Å²) in [6.07, 6.45) is 1.95. The molecule has 0 aliphatic rings. The number of nitrogens with zero attached hydrogens (tertiary/aromatic N) is 2. The number of carboxylic acids is 1. The van der Waals surface area contributed by atoms with Crippen LogP contribution in [0.3, 0.4) is 0 Å². The first kappa shape index (κ1) is 15.7. The maximum Gasteiger partial charge on any atom is 0.347 e. The van der Waals surface area contributed by atoms with Gasteiger partial charge in [-0.15, -0.1) is 0 Å². The van der Waals surface area contributed by atoms with Crippen molar-refractivity contribution in [1.29, 1.82) is 0 Å². The lowest BCUT2D eigenvalue weighted by molar-refractivity contribution is 0.0699. The number of hydrogen-bond acceptors (Lipinski definition) is 3. The summed E-state index contributed by atoms with van der Waals surface area (Å²) >= 11 is 1.24. The SMILES string of the molecule is Cc1ccc(-c2cn3c(C(C)(C)C)c(C(=O)O)sc3n2)c(C)c1. The van der Waals surface area contributed by atoms with Gasteiger partial charge in [-0.05, 0) is 19.4 Å². The minimum absolute atomic E-state index is 0.272. The van der Waals surface area contributed by atoms with Gasteiger partial charge in [0, 0.05) is 17.2 Å². The van der Waals surface area contributed by atoms with E-state index in [1.165, 1.54) is 22.5 Å². The van der Waals surface area contributed by atoms with Crippen molar-refractivity contribution in [3.8, 4) is 11.3 Å². The second kappa shape index (κ2) is 5.20. The first-order valence-electron chi connectivity index (χ1n) is 7.52. The normalized spacial score (nSPS) is 12.0. The lowest BCUT2D eigenvalue weighted by Gasteiger charge is -2.18. The standard InChI is InChI=1S/C18H20N2O2S/c1-10-6-7-12(11(2)8-10)13-9-20-15(18(3,4)5)14(16(21)22)23-17(20)19-13/h6-9H,1-5H3,(H,21,22). The van der Waals surface area contributed by atoms with E-state index in [1.54, 1.807) is 0 Å². The highest BCUT2D eigenvalue weighted by molar-refractivity contribution is 7.19. The van der Waals surface area contributed by atoms with E-state index in [2.05, 4.69) is 37.0 Å². The number of carbonyl (C=O) groups is 1. The van der Waals surface area contributed by atoms with Crippen LogP contribution in [0, 0.1) is 13.8 Å². The molecule has 0 unspecified atom stereocenters. The van der Waals surface area contributed by atoms with Gasteiger partial charge in [0.15, 0.2) is 4.96 Å². The molecule has 3 aromatic rings. The zero-order valence-electron chi connectivity index (χ0n) is 14.0. The lowest BCUT2D eigenvalue weighted by Crippen LogP contribution is -2.17. The van der Waals surface area contributed by atoms with E-state index in [9.17, 15) is 9.90 Å². The first-order valence-corrected chi connectivity index (χ1v) is 8.33. The number of hydrogen-bond donors (Lipinski definition) is 1. The number of imidazole rings is 1. The molecule has 0 amide bonds. The second-order valence-corrected chi connectivity index (χ2v) is 7.91. The molecule has 0 bridgehead atoms. The Balaban J connectivity index is 2.24. The van der Waals surface area contributed by atoms with Crippen LogP contribution in [0.25, 0.3) is 16.2 Å². The Morgan fingerprint density at radius 1 is 1.26 bits per heavy atom. The maximum absolute atomic E-state index is 11.6. The number of aromatic nitrogens is 2. The van der Waals surface area contributed by atoms with Crippen molar-refractivity contribution in [2.45, 2.75) is 40.0 Å². The van der Waals surface area contributed by atoms with Crippen LogP contribution in [0.5, 0.6) is 0 Å². The molecular formula is C18H20N2O2S. The molecule has 0 saturated carbocycles. The highest BCUT2D eigenvalue weighted by atomic mass is 32.1. The Labute approximate surface area is 139 Å². The molecule has 2 heterocycles. The molecule has 3 rings (SSSR count). The van der Waals surface area contributed by atoms with Gasteiger partial charge in [0.05, 0.1) is 11.4 Å². The van der Waals surface area contributed by atoms with Gasteiger partial charge in [0.1, 0.15) is 4.88 Å². The monoisotopic (exact) mass is 328 g/mol. The third-order valence-electron chi connectivity index (χ3n) is 3.89. The van der Waals surface area contributed by atoms with Gasteiger partial charge in [-0.2, -0.15) is 0 Å². The molecule has 0 saturated heterocycles. The Morgan fingerprint density at radius 3 is 2.52 bits per heavy atom. The Bertz CT molecular complexity index is 913. The third-order valence-corrected chi connectivity index (χ3v) is 4.93. The fourth-order valence-corrected chi connectivity index (χ4v) is 4.08. The molecule has 23 heavy (non-hydrogen) atoms. The average Bonchev–Trinajstić information content (AvgIpc) is 2.93. The van der Waals surface area contributed by atoms with Crippen LogP contribution in [-0.2, 0) is 5.41 Å². The van der Waals surface area contributed by atoms with Crippen LogP contribution >= 0.6 is 11.3 Å². The fourth-order valence-electron chi connectivity index (χ4n) is 2.92. The van der Waals surface area contributed by atoms with Gasteiger partial charge in [-0.3, -0.25) is 4.40 Å². The first-order chi connectivity index (χ1) is 10.7. The smallest absolute Gasteiger partial charge is 0.347 e. The topological polar surface area (TPSA) is 54.6 Å². The number of fused-ring (bicyclic) bond motifs is 1. The summed E-state index contributed by atoms with van der Waals surface area (Å²) in [5.41, 5.74) is 4.89. The molecule has 0 spiro atoms.